The third-order valence-electron chi connectivity index (χ3n) is 6.10. The summed E-state index contributed by atoms with van der Waals surface area (Å²) < 4.78 is 58.5. The highest BCUT2D eigenvalue weighted by Crippen LogP contribution is 2.41. The lowest BCUT2D eigenvalue weighted by molar-refractivity contribution is -0.140. The number of carbonyl (C=O) groups excluding carboxylic acids is 2. The number of piperidine rings is 1. The number of Topliss-reactive ketones (excluding diaryl/α,β-unsaturated/α-hetero) is 1. The summed E-state index contributed by atoms with van der Waals surface area (Å²) in [6, 6.07) is 5.87. The van der Waals surface area contributed by atoms with Crippen LogP contribution in [0.5, 0.6) is 5.75 Å². The number of hydrogen-bond acceptors (Lipinski definition) is 6. The molecule has 5 rings (SSSR count). The van der Waals surface area contributed by atoms with E-state index in [1.54, 1.807) is 4.90 Å². The molecule has 2 aromatic heterocycles. The molecule has 4 heterocycles. The van der Waals surface area contributed by atoms with Gasteiger partial charge in [-0.25, -0.2) is 9.37 Å². The Bertz CT molecular complexity index is 1300. The fourth-order valence-corrected chi connectivity index (χ4v) is 5.33. The third kappa shape index (κ3) is 3.69. The summed E-state index contributed by atoms with van der Waals surface area (Å²) in [6.45, 7) is 0.543. The van der Waals surface area contributed by atoms with E-state index in [1.165, 1.54) is 18.2 Å². The molecule has 1 saturated heterocycles. The number of pyridine rings is 1. The first-order valence-electron chi connectivity index (χ1n) is 10.1. The predicted octanol–water partition coefficient (Wildman–Crippen LogP) is 4.68. The fourth-order valence-electron chi connectivity index (χ4n) is 4.40. The third-order valence-corrected chi connectivity index (χ3v) is 7.03. The highest BCUT2D eigenvalue weighted by atomic mass is 32.1. The predicted molar refractivity (Wildman–Crippen MR) is 113 cm³/mol. The van der Waals surface area contributed by atoms with Crippen LogP contribution < -0.4 is 10.5 Å². The summed E-state index contributed by atoms with van der Waals surface area (Å²) >= 11 is 0.836. The number of thiophene rings is 1. The summed E-state index contributed by atoms with van der Waals surface area (Å²) in [4.78, 5) is 31.0. The Morgan fingerprint density at radius 1 is 1.18 bits per heavy atom. The SMILES string of the molecule is Nc1sc2nc(C(F)(F)F)ccc2c1C(=O)N1CCC2(CC1)CC(=O)c1cc(F)ccc1O2. The van der Waals surface area contributed by atoms with E-state index in [1.807, 2.05) is 0 Å². The van der Waals surface area contributed by atoms with E-state index in [0.717, 1.165) is 23.5 Å². The minimum atomic E-state index is -4.60. The van der Waals surface area contributed by atoms with Crippen molar-refractivity contribution < 1.29 is 31.9 Å². The quantitative estimate of drug-likeness (QED) is 0.513. The molecule has 0 aliphatic carbocycles. The molecule has 0 atom stereocenters. The van der Waals surface area contributed by atoms with Crippen LogP contribution in [0.4, 0.5) is 22.6 Å². The number of anilines is 1. The van der Waals surface area contributed by atoms with Gasteiger partial charge in [-0.05, 0) is 30.3 Å². The van der Waals surface area contributed by atoms with Gasteiger partial charge in [-0.3, -0.25) is 9.59 Å². The zero-order valence-electron chi connectivity index (χ0n) is 17.0. The van der Waals surface area contributed by atoms with Crippen LogP contribution in [-0.2, 0) is 6.18 Å². The molecule has 0 radical (unpaired) electrons. The molecule has 2 aliphatic rings. The Balaban J connectivity index is 1.36. The first-order valence-corrected chi connectivity index (χ1v) is 11.0. The largest absolute Gasteiger partial charge is 0.486 e. The monoisotopic (exact) mass is 479 g/mol. The smallest absolute Gasteiger partial charge is 0.433 e. The zero-order chi connectivity index (χ0) is 23.5. The second-order valence-corrected chi connectivity index (χ2v) is 9.24. The van der Waals surface area contributed by atoms with E-state index in [9.17, 15) is 27.2 Å². The van der Waals surface area contributed by atoms with Gasteiger partial charge in [0, 0.05) is 31.3 Å². The molecule has 172 valence electrons. The molecule has 0 saturated carbocycles. The second-order valence-electron chi connectivity index (χ2n) is 8.21. The van der Waals surface area contributed by atoms with Crippen LogP contribution in [-0.4, -0.2) is 40.3 Å². The van der Waals surface area contributed by atoms with Crippen molar-refractivity contribution in [3.63, 3.8) is 0 Å². The number of nitrogen functional groups attached to an aromatic ring is 1. The number of amides is 1. The summed E-state index contributed by atoms with van der Waals surface area (Å²) in [5, 5.41) is 0.373. The van der Waals surface area contributed by atoms with Gasteiger partial charge in [0.2, 0.25) is 0 Å². The maximum atomic E-state index is 13.5. The molecule has 11 heteroatoms. The van der Waals surface area contributed by atoms with Gasteiger partial charge in [-0.2, -0.15) is 13.2 Å². The Labute approximate surface area is 189 Å². The molecule has 2 aliphatic heterocycles. The first-order chi connectivity index (χ1) is 15.6. The van der Waals surface area contributed by atoms with Crippen LogP contribution in [0, 0.1) is 5.82 Å². The van der Waals surface area contributed by atoms with Gasteiger partial charge in [0.1, 0.15) is 32.7 Å². The number of hydrogen-bond donors (Lipinski definition) is 1. The summed E-state index contributed by atoms with van der Waals surface area (Å²) in [5.74, 6) is -0.804. The molecule has 1 aromatic carbocycles. The van der Waals surface area contributed by atoms with E-state index >= 15 is 0 Å². The normalized spacial score (nSPS) is 17.8. The Morgan fingerprint density at radius 2 is 1.91 bits per heavy atom. The number of nitrogens with two attached hydrogens (primary N) is 1. The van der Waals surface area contributed by atoms with Gasteiger partial charge in [0.05, 0.1) is 17.5 Å². The van der Waals surface area contributed by atoms with Crippen LogP contribution >= 0.6 is 11.3 Å². The van der Waals surface area contributed by atoms with Crippen molar-refractivity contribution in [2.75, 3.05) is 18.8 Å². The fraction of sp³-hybridized carbons (Fsp3) is 0.318. The number of benzene rings is 1. The van der Waals surface area contributed by atoms with Crippen LogP contribution in [0.25, 0.3) is 10.2 Å². The number of aromatic nitrogens is 1. The van der Waals surface area contributed by atoms with E-state index in [-0.39, 0.29) is 51.6 Å². The molecule has 6 nitrogen and oxygen atoms in total. The molecule has 3 aromatic rings. The lowest BCUT2D eigenvalue weighted by Gasteiger charge is -2.44. The molecule has 1 amide bonds. The minimum Gasteiger partial charge on any atom is -0.486 e. The molecule has 2 N–H and O–H groups in total. The standard InChI is InChI=1S/C22H17F4N3O3S/c23-11-1-3-15-13(9-11)14(30)10-21(32-15)5-7-29(8-6-21)20(31)17-12-2-4-16(22(24,25)26)28-19(12)33-18(17)27/h1-4,9H,5-8,10,27H2. The number of ether oxygens (including phenoxy) is 1. The van der Waals surface area contributed by atoms with Crippen molar-refractivity contribution in [2.45, 2.75) is 31.0 Å². The zero-order valence-corrected chi connectivity index (χ0v) is 17.9. The number of halogens is 4. The van der Waals surface area contributed by atoms with Crippen LogP contribution in [0.15, 0.2) is 30.3 Å². The maximum Gasteiger partial charge on any atom is 0.433 e. The number of fused-ring (bicyclic) bond motifs is 2. The number of nitrogens with zero attached hydrogens (tertiary/aromatic N) is 2. The minimum absolute atomic E-state index is 0.0456. The van der Waals surface area contributed by atoms with Gasteiger partial charge in [-0.1, -0.05) is 11.3 Å². The van der Waals surface area contributed by atoms with Gasteiger partial charge in [0.25, 0.3) is 5.91 Å². The Kier molecular flexibility index (Phi) is 4.85. The number of carbonyl (C=O) groups is 2. The Morgan fingerprint density at radius 3 is 2.61 bits per heavy atom. The Hall–Kier alpha value is -3.21. The van der Waals surface area contributed by atoms with Crippen molar-refractivity contribution in [1.82, 2.24) is 9.88 Å². The number of rotatable bonds is 1. The van der Waals surface area contributed by atoms with Crippen molar-refractivity contribution in [2.24, 2.45) is 0 Å². The maximum absolute atomic E-state index is 13.5. The molecule has 33 heavy (non-hydrogen) atoms. The summed E-state index contributed by atoms with van der Waals surface area (Å²) in [5.41, 5.74) is 4.50. The second kappa shape index (κ2) is 7.41. The first kappa shape index (κ1) is 21.6. The van der Waals surface area contributed by atoms with Crippen LogP contribution in [0.3, 0.4) is 0 Å². The van der Waals surface area contributed by atoms with Gasteiger partial charge < -0.3 is 15.4 Å². The van der Waals surface area contributed by atoms with Gasteiger partial charge in [0.15, 0.2) is 5.78 Å². The van der Waals surface area contributed by atoms with Crippen molar-refractivity contribution in [1.29, 1.82) is 0 Å². The topological polar surface area (TPSA) is 85.5 Å². The summed E-state index contributed by atoms with van der Waals surface area (Å²) in [6.07, 6.45) is -3.77. The highest BCUT2D eigenvalue weighted by molar-refractivity contribution is 7.22. The van der Waals surface area contributed by atoms with E-state index in [4.69, 9.17) is 10.5 Å². The van der Waals surface area contributed by atoms with Gasteiger partial charge in [-0.15, -0.1) is 0 Å². The number of ketones is 1. The molecule has 0 unspecified atom stereocenters. The van der Waals surface area contributed by atoms with Crippen molar-refractivity contribution in [3.8, 4) is 5.75 Å². The van der Waals surface area contributed by atoms with E-state index in [0.29, 0.717) is 18.6 Å². The van der Waals surface area contributed by atoms with Gasteiger partial charge >= 0.3 is 6.18 Å². The van der Waals surface area contributed by atoms with Crippen LogP contribution in [0.1, 0.15) is 45.7 Å². The lowest BCUT2D eigenvalue weighted by Crippen LogP contribution is -2.52. The highest BCUT2D eigenvalue weighted by Gasteiger charge is 2.44. The molecule has 0 bridgehead atoms. The molecular weight excluding hydrogens is 462 g/mol. The van der Waals surface area contributed by atoms with Crippen molar-refractivity contribution >= 4 is 38.2 Å². The average Bonchev–Trinajstić information content (AvgIpc) is 3.09. The van der Waals surface area contributed by atoms with Crippen LogP contribution in [0.2, 0.25) is 0 Å². The number of likely N-dealkylation sites (tertiary alicyclic amines) is 1. The summed E-state index contributed by atoms with van der Waals surface area (Å²) in [7, 11) is 0. The molecular formula is C22H17F4N3O3S. The van der Waals surface area contributed by atoms with E-state index in [2.05, 4.69) is 4.98 Å². The average molecular weight is 479 g/mol. The molecule has 1 spiro atoms. The van der Waals surface area contributed by atoms with Crippen molar-refractivity contribution in [3.05, 3.63) is 53.0 Å². The van der Waals surface area contributed by atoms with E-state index < -0.39 is 29.2 Å². The molecule has 1 fully saturated rings. The number of alkyl halides is 3. The lowest BCUT2D eigenvalue weighted by atomic mass is 9.82.